The summed E-state index contributed by atoms with van der Waals surface area (Å²) < 4.78 is 7.43. The fraction of sp³-hybridized carbons (Fsp3) is 0.130. The molecule has 0 N–H and O–H groups in total. The molecule has 3 aromatic carbocycles. The topological polar surface area (TPSA) is 44.1 Å². The van der Waals surface area contributed by atoms with E-state index in [2.05, 4.69) is 0 Å². The highest BCUT2D eigenvalue weighted by Crippen LogP contribution is 2.31. The lowest BCUT2D eigenvalue weighted by atomic mass is 10.1. The minimum Gasteiger partial charge on any atom is -0.492 e. The van der Waals surface area contributed by atoms with Gasteiger partial charge < -0.3 is 4.74 Å². The average Bonchev–Trinajstić information content (AvgIpc) is 2.76. The van der Waals surface area contributed by atoms with Gasteiger partial charge in [0.1, 0.15) is 16.6 Å². The maximum absolute atomic E-state index is 13.2. The minimum atomic E-state index is -0.0914. The largest absolute Gasteiger partial charge is 0.492 e. The Morgan fingerprint density at radius 3 is 2.47 bits per heavy atom. The molecule has 0 aliphatic carbocycles. The molecule has 4 rings (SSSR count). The molecule has 0 aliphatic rings. The van der Waals surface area contributed by atoms with Gasteiger partial charge in [-0.3, -0.25) is 9.36 Å². The SMILES string of the molecule is O=c1c2ccccc2nc(-c2ccc(Cl)cc2)n1CCCOc1cccc(Cl)c1Cl. The maximum atomic E-state index is 13.2. The van der Waals surface area contributed by atoms with Gasteiger partial charge in [0.05, 0.1) is 22.5 Å². The summed E-state index contributed by atoms with van der Waals surface area (Å²) >= 11 is 18.2. The number of hydrogen-bond donors (Lipinski definition) is 0. The smallest absolute Gasteiger partial charge is 0.261 e. The van der Waals surface area contributed by atoms with Crippen LogP contribution in [0.4, 0.5) is 0 Å². The molecule has 30 heavy (non-hydrogen) atoms. The van der Waals surface area contributed by atoms with Crippen molar-refractivity contribution >= 4 is 45.7 Å². The number of halogens is 3. The van der Waals surface area contributed by atoms with Gasteiger partial charge >= 0.3 is 0 Å². The van der Waals surface area contributed by atoms with Crippen molar-refractivity contribution in [2.45, 2.75) is 13.0 Å². The lowest BCUT2D eigenvalue weighted by molar-refractivity contribution is 0.301. The highest BCUT2D eigenvalue weighted by Gasteiger charge is 2.13. The number of nitrogens with zero attached hydrogens (tertiary/aromatic N) is 2. The summed E-state index contributed by atoms with van der Waals surface area (Å²) in [6, 6.07) is 19.9. The number of ether oxygens (including phenoxy) is 1. The van der Waals surface area contributed by atoms with E-state index in [1.165, 1.54) is 0 Å². The second-order valence-corrected chi connectivity index (χ2v) is 7.89. The molecule has 0 radical (unpaired) electrons. The van der Waals surface area contributed by atoms with Gasteiger partial charge in [-0.2, -0.15) is 0 Å². The van der Waals surface area contributed by atoms with E-state index in [9.17, 15) is 4.79 Å². The summed E-state index contributed by atoms with van der Waals surface area (Å²) in [5.41, 5.74) is 1.39. The standard InChI is InChI=1S/C23H17Cl3N2O2/c24-16-11-9-15(10-12-16)22-27-19-7-2-1-5-17(19)23(29)28(22)13-4-14-30-20-8-3-6-18(25)21(20)26/h1-3,5-12H,4,13-14H2. The van der Waals surface area contributed by atoms with Crippen LogP contribution in [0.1, 0.15) is 6.42 Å². The van der Waals surface area contributed by atoms with Gasteiger partial charge in [0, 0.05) is 17.1 Å². The number of benzene rings is 3. The van der Waals surface area contributed by atoms with Crippen LogP contribution in [0.2, 0.25) is 15.1 Å². The first kappa shape index (κ1) is 20.7. The minimum absolute atomic E-state index is 0.0914. The molecular formula is C23H17Cl3N2O2. The molecule has 0 spiro atoms. The van der Waals surface area contributed by atoms with E-state index in [-0.39, 0.29) is 5.56 Å². The van der Waals surface area contributed by atoms with Crippen LogP contribution in [-0.4, -0.2) is 16.2 Å². The van der Waals surface area contributed by atoms with Gasteiger partial charge in [0.2, 0.25) is 0 Å². The van der Waals surface area contributed by atoms with Crippen molar-refractivity contribution in [3.8, 4) is 17.1 Å². The van der Waals surface area contributed by atoms with Crippen molar-refractivity contribution in [3.05, 3.63) is 92.2 Å². The molecule has 0 fully saturated rings. The Labute approximate surface area is 188 Å². The average molecular weight is 460 g/mol. The zero-order valence-corrected chi connectivity index (χ0v) is 18.1. The summed E-state index contributed by atoms with van der Waals surface area (Å²) in [6.07, 6.45) is 0.587. The highest BCUT2D eigenvalue weighted by molar-refractivity contribution is 6.42. The van der Waals surface area contributed by atoms with Crippen molar-refractivity contribution < 1.29 is 4.74 Å². The molecule has 0 bridgehead atoms. The predicted octanol–water partition coefficient (Wildman–Crippen LogP) is 6.49. The van der Waals surface area contributed by atoms with Crippen LogP contribution >= 0.6 is 34.8 Å². The monoisotopic (exact) mass is 458 g/mol. The second-order valence-electron chi connectivity index (χ2n) is 6.67. The van der Waals surface area contributed by atoms with Gasteiger partial charge in [0.25, 0.3) is 5.56 Å². The van der Waals surface area contributed by atoms with Crippen LogP contribution in [0.15, 0.2) is 71.5 Å². The Bertz CT molecular complexity index is 1250. The fourth-order valence-corrected chi connectivity index (χ4v) is 3.67. The Hall–Kier alpha value is -2.53. The molecule has 152 valence electrons. The number of hydrogen-bond acceptors (Lipinski definition) is 3. The molecule has 4 aromatic rings. The van der Waals surface area contributed by atoms with Crippen LogP contribution in [-0.2, 0) is 6.54 Å². The van der Waals surface area contributed by atoms with Crippen LogP contribution < -0.4 is 10.3 Å². The third-order valence-corrected chi connectivity index (χ3v) is 5.72. The molecule has 0 aliphatic heterocycles. The molecule has 4 nitrogen and oxygen atoms in total. The second kappa shape index (κ2) is 9.09. The highest BCUT2D eigenvalue weighted by atomic mass is 35.5. The maximum Gasteiger partial charge on any atom is 0.261 e. The van der Waals surface area contributed by atoms with E-state index in [1.54, 1.807) is 41.0 Å². The molecular weight excluding hydrogens is 443 g/mol. The van der Waals surface area contributed by atoms with E-state index >= 15 is 0 Å². The van der Waals surface area contributed by atoms with E-state index in [1.807, 2.05) is 30.3 Å². The molecule has 0 saturated carbocycles. The lowest BCUT2D eigenvalue weighted by Gasteiger charge is -2.14. The van der Waals surface area contributed by atoms with Gasteiger partial charge in [-0.05, 0) is 55.0 Å². The number of aromatic nitrogens is 2. The number of fused-ring (bicyclic) bond motifs is 1. The molecule has 1 aromatic heterocycles. The Balaban J connectivity index is 1.62. The van der Waals surface area contributed by atoms with E-state index < -0.39 is 0 Å². The van der Waals surface area contributed by atoms with Crippen LogP contribution in [0.25, 0.3) is 22.3 Å². The van der Waals surface area contributed by atoms with E-state index in [0.29, 0.717) is 57.1 Å². The van der Waals surface area contributed by atoms with Crippen molar-refractivity contribution in [1.29, 1.82) is 0 Å². The first-order chi connectivity index (χ1) is 14.5. The predicted molar refractivity (Wildman–Crippen MR) is 123 cm³/mol. The van der Waals surface area contributed by atoms with Gasteiger partial charge in [-0.15, -0.1) is 0 Å². The third kappa shape index (κ3) is 4.31. The molecule has 0 unspecified atom stereocenters. The Kier molecular flexibility index (Phi) is 6.28. The number of para-hydroxylation sites is 1. The molecule has 1 heterocycles. The van der Waals surface area contributed by atoms with Crippen LogP contribution in [0.5, 0.6) is 5.75 Å². The molecule has 0 amide bonds. The van der Waals surface area contributed by atoms with Gasteiger partial charge in [0.15, 0.2) is 0 Å². The van der Waals surface area contributed by atoms with Gasteiger partial charge in [-0.1, -0.05) is 53.0 Å². The number of rotatable bonds is 6. The zero-order valence-electron chi connectivity index (χ0n) is 15.8. The molecule has 0 atom stereocenters. The summed E-state index contributed by atoms with van der Waals surface area (Å²) in [7, 11) is 0. The molecule has 7 heteroatoms. The lowest BCUT2D eigenvalue weighted by Crippen LogP contribution is -2.24. The Morgan fingerprint density at radius 1 is 0.900 bits per heavy atom. The summed E-state index contributed by atoms with van der Waals surface area (Å²) in [4.78, 5) is 17.9. The summed E-state index contributed by atoms with van der Waals surface area (Å²) in [5, 5.41) is 2.02. The quantitative estimate of drug-likeness (QED) is 0.309. The Morgan fingerprint density at radius 2 is 1.67 bits per heavy atom. The van der Waals surface area contributed by atoms with Crippen molar-refractivity contribution in [2.75, 3.05) is 6.61 Å². The zero-order chi connectivity index (χ0) is 21.1. The van der Waals surface area contributed by atoms with Crippen LogP contribution in [0.3, 0.4) is 0 Å². The molecule has 0 saturated heterocycles. The first-order valence-electron chi connectivity index (χ1n) is 9.37. The van der Waals surface area contributed by atoms with Crippen molar-refractivity contribution in [3.63, 3.8) is 0 Å². The first-order valence-corrected chi connectivity index (χ1v) is 10.5. The fourth-order valence-electron chi connectivity index (χ4n) is 3.20. The third-order valence-electron chi connectivity index (χ3n) is 4.66. The van der Waals surface area contributed by atoms with Crippen molar-refractivity contribution in [2.24, 2.45) is 0 Å². The normalized spacial score (nSPS) is 11.0. The van der Waals surface area contributed by atoms with Crippen LogP contribution in [0, 0.1) is 0 Å². The van der Waals surface area contributed by atoms with Gasteiger partial charge in [-0.25, -0.2) is 4.98 Å². The van der Waals surface area contributed by atoms with Crippen molar-refractivity contribution in [1.82, 2.24) is 9.55 Å². The van der Waals surface area contributed by atoms with E-state index in [4.69, 9.17) is 44.5 Å². The summed E-state index contributed by atoms with van der Waals surface area (Å²) in [6.45, 7) is 0.812. The van der Waals surface area contributed by atoms with E-state index in [0.717, 1.165) is 5.56 Å². The summed E-state index contributed by atoms with van der Waals surface area (Å²) in [5.74, 6) is 1.11.